The summed E-state index contributed by atoms with van der Waals surface area (Å²) >= 11 is 0. The van der Waals surface area contributed by atoms with Crippen molar-refractivity contribution in [3.05, 3.63) is 24.3 Å². The van der Waals surface area contributed by atoms with Crippen LogP contribution in [0.2, 0.25) is 0 Å². The molecule has 1 aromatic carbocycles. The average Bonchev–Trinajstić information content (AvgIpc) is 2.28. The molecule has 0 atom stereocenters. The average molecular weight is 269 g/mol. The van der Waals surface area contributed by atoms with Crippen LogP contribution in [-0.4, -0.2) is 38.1 Å². The van der Waals surface area contributed by atoms with E-state index in [0.717, 1.165) is 24.2 Å². The molecule has 18 heavy (non-hydrogen) atoms. The Morgan fingerprint density at radius 3 is 2.56 bits per heavy atom. The van der Waals surface area contributed by atoms with Crippen molar-refractivity contribution in [1.82, 2.24) is 4.31 Å². The second-order valence-electron chi connectivity index (χ2n) is 4.71. The lowest BCUT2D eigenvalue weighted by Gasteiger charge is -2.31. The Kier molecular flexibility index (Phi) is 3.77. The van der Waals surface area contributed by atoms with Gasteiger partial charge in [-0.3, -0.25) is 0 Å². The number of benzene rings is 1. The normalized spacial score (nSPS) is 18.7. The fourth-order valence-electron chi connectivity index (χ4n) is 2.20. The van der Waals surface area contributed by atoms with Crippen LogP contribution in [0.3, 0.4) is 0 Å². The fraction of sp³-hybridized carbons (Fsp3) is 0.500. The van der Waals surface area contributed by atoms with Crippen LogP contribution in [0.15, 0.2) is 24.3 Å². The Labute approximate surface area is 108 Å². The van der Waals surface area contributed by atoms with Crippen LogP contribution in [-0.2, 0) is 10.0 Å². The Balaban J connectivity index is 1.91. The highest BCUT2D eigenvalue weighted by molar-refractivity contribution is 7.88. The summed E-state index contributed by atoms with van der Waals surface area (Å²) in [6.45, 7) is 1.16. The number of hydrogen-bond acceptors (Lipinski definition) is 4. The van der Waals surface area contributed by atoms with Gasteiger partial charge in [-0.2, -0.15) is 0 Å². The molecule has 2 rings (SSSR count). The first-order valence-electron chi connectivity index (χ1n) is 6.02. The van der Waals surface area contributed by atoms with E-state index >= 15 is 0 Å². The van der Waals surface area contributed by atoms with Gasteiger partial charge in [-0.05, 0) is 31.0 Å². The molecule has 6 heteroatoms. The molecule has 3 N–H and O–H groups in total. The number of rotatable bonds is 3. The third-order valence-corrected chi connectivity index (χ3v) is 4.48. The number of nitrogens with two attached hydrogens (primary N) is 1. The minimum Gasteiger partial charge on any atom is -0.399 e. The fourth-order valence-corrected chi connectivity index (χ4v) is 3.07. The number of nitrogen functional groups attached to an aromatic ring is 1. The predicted molar refractivity (Wildman–Crippen MR) is 73.9 cm³/mol. The maximum atomic E-state index is 11.4. The van der Waals surface area contributed by atoms with Crippen molar-refractivity contribution in [2.45, 2.75) is 18.9 Å². The molecule has 1 saturated heterocycles. The van der Waals surface area contributed by atoms with E-state index < -0.39 is 10.0 Å². The van der Waals surface area contributed by atoms with Gasteiger partial charge in [0.15, 0.2) is 0 Å². The van der Waals surface area contributed by atoms with Crippen molar-refractivity contribution >= 4 is 21.4 Å². The summed E-state index contributed by atoms with van der Waals surface area (Å²) < 4.78 is 24.3. The van der Waals surface area contributed by atoms with E-state index in [9.17, 15) is 8.42 Å². The van der Waals surface area contributed by atoms with Crippen LogP contribution < -0.4 is 11.1 Å². The highest BCUT2D eigenvalue weighted by atomic mass is 32.2. The van der Waals surface area contributed by atoms with Gasteiger partial charge in [-0.1, -0.05) is 6.07 Å². The van der Waals surface area contributed by atoms with E-state index in [4.69, 9.17) is 5.73 Å². The minimum absolute atomic E-state index is 0.310. The lowest BCUT2D eigenvalue weighted by Crippen LogP contribution is -2.41. The molecule has 0 bridgehead atoms. The number of piperidine rings is 1. The maximum absolute atomic E-state index is 11.4. The van der Waals surface area contributed by atoms with Crippen LogP contribution >= 0.6 is 0 Å². The van der Waals surface area contributed by atoms with E-state index in [-0.39, 0.29) is 0 Å². The van der Waals surface area contributed by atoms with Crippen LogP contribution in [0.4, 0.5) is 11.4 Å². The van der Waals surface area contributed by atoms with E-state index in [1.54, 1.807) is 0 Å². The minimum atomic E-state index is -3.04. The molecule has 0 radical (unpaired) electrons. The van der Waals surface area contributed by atoms with Gasteiger partial charge in [0.25, 0.3) is 0 Å². The standard InChI is InChI=1S/C12H19N3O2S/c1-18(16,17)15-7-5-11(6-8-15)14-12-4-2-3-10(13)9-12/h2-4,9,11,14H,5-8,13H2,1H3. The van der Waals surface area contributed by atoms with E-state index in [1.807, 2.05) is 24.3 Å². The number of anilines is 2. The maximum Gasteiger partial charge on any atom is 0.211 e. The van der Waals surface area contributed by atoms with Crippen LogP contribution in [0, 0.1) is 0 Å². The molecule has 1 heterocycles. The highest BCUT2D eigenvalue weighted by Crippen LogP contribution is 2.19. The summed E-state index contributed by atoms with van der Waals surface area (Å²) in [6, 6.07) is 7.92. The lowest BCUT2D eigenvalue weighted by atomic mass is 10.1. The number of nitrogens with one attached hydrogen (secondary N) is 1. The SMILES string of the molecule is CS(=O)(=O)N1CCC(Nc2cccc(N)c2)CC1. The molecule has 1 aliphatic rings. The van der Waals surface area contributed by atoms with Crippen LogP contribution in [0.5, 0.6) is 0 Å². The van der Waals surface area contributed by atoms with Crippen molar-refractivity contribution in [3.8, 4) is 0 Å². The molecular formula is C12H19N3O2S. The zero-order valence-electron chi connectivity index (χ0n) is 10.5. The number of sulfonamides is 1. The van der Waals surface area contributed by atoms with Gasteiger partial charge in [0.1, 0.15) is 0 Å². The third-order valence-electron chi connectivity index (χ3n) is 3.18. The van der Waals surface area contributed by atoms with Gasteiger partial charge in [-0.15, -0.1) is 0 Å². The Morgan fingerprint density at radius 1 is 1.33 bits per heavy atom. The molecule has 0 amide bonds. The van der Waals surface area contributed by atoms with Crippen LogP contribution in [0.25, 0.3) is 0 Å². The van der Waals surface area contributed by atoms with E-state index in [1.165, 1.54) is 10.6 Å². The zero-order chi connectivity index (χ0) is 13.2. The van der Waals surface area contributed by atoms with Gasteiger partial charge in [0.05, 0.1) is 6.26 Å². The molecule has 5 nitrogen and oxygen atoms in total. The lowest BCUT2D eigenvalue weighted by molar-refractivity contribution is 0.332. The van der Waals surface area contributed by atoms with Crippen molar-refractivity contribution in [2.75, 3.05) is 30.4 Å². The molecule has 1 aromatic rings. The van der Waals surface area contributed by atoms with Crippen molar-refractivity contribution in [2.24, 2.45) is 0 Å². The topological polar surface area (TPSA) is 75.4 Å². The van der Waals surface area contributed by atoms with Crippen molar-refractivity contribution in [1.29, 1.82) is 0 Å². The molecule has 1 fully saturated rings. The Hall–Kier alpha value is -1.27. The quantitative estimate of drug-likeness (QED) is 0.806. The first-order valence-corrected chi connectivity index (χ1v) is 7.87. The molecule has 1 aliphatic heterocycles. The number of hydrogen-bond donors (Lipinski definition) is 2. The molecule has 0 aromatic heterocycles. The largest absolute Gasteiger partial charge is 0.399 e. The van der Waals surface area contributed by atoms with E-state index in [0.29, 0.717) is 19.1 Å². The second kappa shape index (κ2) is 5.16. The Bertz CT molecular complexity index is 508. The third kappa shape index (κ3) is 3.36. The predicted octanol–water partition coefficient (Wildman–Crippen LogP) is 1.10. The zero-order valence-corrected chi connectivity index (χ0v) is 11.3. The summed E-state index contributed by atoms with van der Waals surface area (Å²) in [5, 5.41) is 3.39. The van der Waals surface area contributed by atoms with Gasteiger partial charge in [-0.25, -0.2) is 12.7 Å². The van der Waals surface area contributed by atoms with Crippen molar-refractivity contribution in [3.63, 3.8) is 0 Å². The van der Waals surface area contributed by atoms with Gasteiger partial charge < -0.3 is 11.1 Å². The van der Waals surface area contributed by atoms with Crippen LogP contribution in [0.1, 0.15) is 12.8 Å². The molecule has 0 spiro atoms. The first-order chi connectivity index (χ1) is 8.45. The summed E-state index contributed by atoms with van der Waals surface area (Å²) in [7, 11) is -3.04. The summed E-state index contributed by atoms with van der Waals surface area (Å²) in [4.78, 5) is 0. The molecular weight excluding hydrogens is 250 g/mol. The monoisotopic (exact) mass is 269 g/mol. The smallest absolute Gasteiger partial charge is 0.211 e. The van der Waals surface area contributed by atoms with Crippen molar-refractivity contribution < 1.29 is 8.42 Å². The summed E-state index contributed by atoms with van der Waals surface area (Å²) in [6.07, 6.45) is 2.91. The van der Waals surface area contributed by atoms with Gasteiger partial charge in [0.2, 0.25) is 10.0 Å². The van der Waals surface area contributed by atoms with Gasteiger partial charge in [0, 0.05) is 30.5 Å². The Morgan fingerprint density at radius 2 is 2.00 bits per heavy atom. The summed E-state index contributed by atoms with van der Waals surface area (Å²) in [5.74, 6) is 0. The molecule has 0 saturated carbocycles. The number of nitrogens with zero attached hydrogens (tertiary/aromatic N) is 1. The second-order valence-corrected chi connectivity index (χ2v) is 6.69. The highest BCUT2D eigenvalue weighted by Gasteiger charge is 2.24. The van der Waals surface area contributed by atoms with Gasteiger partial charge >= 0.3 is 0 Å². The summed E-state index contributed by atoms with van der Waals surface area (Å²) in [5.41, 5.74) is 7.44. The van der Waals surface area contributed by atoms with E-state index in [2.05, 4.69) is 5.32 Å². The molecule has 0 aliphatic carbocycles. The first kappa shape index (κ1) is 13.2. The molecule has 0 unspecified atom stereocenters. The molecule has 100 valence electrons.